The van der Waals surface area contributed by atoms with Crippen LogP contribution in [0.1, 0.15) is 17.7 Å². The molecule has 1 aromatic carbocycles. The normalized spacial score (nSPS) is 13.7. The van der Waals surface area contributed by atoms with E-state index in [1.807, 2.05) is 6.92 Å². The van der Waals surface area contributed by atoms with Crippen LogP contribution in [0.3, 0.4) is 0 Å². The van der Waals surface area contributed by atoms with Crippen LogP contribution in [0.5, 0.6) is 0 Å². The van der Waals surface area contributed by atoms with Crippen LogP contribution in [0.15, 0.2) is 54.7 Å². The summed E-state index contributed by atoms with van der Waals surface area (Å²) in [5, 5.41) is 6.06. The van der Waals surface area contributed by atoms with Gasteiger partial charge in [-0.05, 0) is 49.7 Å². The zero-order valence-corrected chi connectivity index (χ0v) is 16.7. The van der Waals surface area contributed by atoms with Gasteiger partial charge in [0.05, 0.1) is 16.9 Å². The molecule has 3 heterocycles. The number of carbonyl (C=O) groups is 1. The molecular weight excluding hydrogens is 407 g/mol. The van der Waals surface area contributed by atoms with Crippen molar-refractivity contribution in [3.05, 3.63) is 66.0 Å². The van der Waals surface area contributed by atoms with Crippen LogP contribution in [-0.2, 0) is 6.18 Å². The summed E-state index contributed by atoms with van der Waals surface area (Å²) in [6, 6.07) is 11.4. The molecule has 3 aromatic rings. The quantitative estimate of drug-likeness (QED) is 0.580. The molecular formula is C22H20F3N5O. The molecule has 0 atom stereocenters. The lowest BCUT2D eigenvalue weighted by Crippen LogP contribution is -2.36. The highest BCUT2D eigenvalue weighted by Gasteiger charge is 2.31. The number of fused-ring (bicyclic) bond motifs is 1. The van der Waals surface area contributed by atoms with Crippen LogP contribution in [-0.4, -0.2) is 29.1 Å². The first-order valence-corrected chi connectivity index (χ1v) is 9.75. The number of hydrogen-bond acceptors (Lipinski definition) is 4. The fourth-order valence-corrected chi connectivity index (χ4v) is 3.39. The Bertz CT molecular complexity index is 1120. The van der Waals surface area contributed by atoms with Gasteiger partial charge >= 0.3 is 12.2 Å². The van der Waals surface area contributed by atoms with Gasteiger partial charge in [0, 0.05) is 36.2 Å². The molecule has 4 rings (SSSR count). The molecule has 1 aliphatic rings. The second-order valence-corrected chi connectivity index (χ2v) is 7.19. The molecule has 0 spiro atoms. The standard InChI is InChI=1S/C22H20F3N5O/c1-14-12-17(8-10-26-14)28-21(31)30-11-3-9-27-19-7-6-18(29-20(19)30)15-4-2-5-16(13-15)22(23,24)25/h2,4-8,10,12-13,27H,3,9,11H2,1H3,(H,26,28,31). The first-order valence-electron chi connectivity index (χ1n) is 9.75. The van der Waals surface area contributed by atoms with Crippen LogP contribution >= 0.6 is 0 Å². The number of aryl methyl sites for hydroxylation is 1. The van der Waals surface area contributed by atoms with Gasteiger partial charge in [-0.3, -0.25) is 9.88 Å². The van der Waals surface area contributed by atoms with E-state index in [2.05, 4.69) is 20.6 Å². The summed E-state index contributed by atoms with van der Waals surface area (Å²) < 4.78 is 39.4. The Kier molecular flexibility index (Phi) is 5.50. The van der Waals surface area contributed by atoms with E-state index in [0.717, 1.165) is 17.8 Å². The van der Waals surface area contributed by atoms with Gasteiger partial charge in [-0.2, -0.15) is 13.2 Å². The highest BCUT2D eigenvalue weighted by atomic mass is 19.4. The Balaban J connectivity index is 1.69. The van der Waals surface area contributed by atoms with Gasteiger partial charge in [-0.25, -0.2) is 9.78 Å². The molecule has 2 amide bonds. The Morgan fingerprint density at radius 1 is 1.16 bits per heavy atom. The Morgan fingerprint density at radius 2 is 2.00 bits per heavy atom. The van der Waals surface area contributed by atoms with Gasteiger partial charge in [-0.15, -0.1) is 0 Å². The van der Waals surface area contributed by atoms with Crippen molar-refractivity contribution in [1.82, 2.24) is 9.97 Å². The SMILES string of the molecule is Cc1cc(NC(=O)N2CCCNc3ccc(-c4cccc(C(F)(F)F)c4)nc32)ccn1. The summed E-state index contributed by atoms with van der Waals surface area (Å²) >= 11 is 0. The van der Waals surface area contributed by atoms with Crippen LogP contribution < -0.4 is 15.5 Å². The number of carbonyl (C=O) groups excluding carboxylic acids is 1. The number of urea groups is 1. The molecule has 0 saturated heterocycles. The average Bonchev–Trinajstić information content (AvgIpc) is 2.95. The van der Waals surface area contributed by atoms with Gasteiger partial charge in [0.15, 0.2) is 5.82 Å². The topological polar surface area (TPSA) is 70.2 Å². The molecule has 0 bridgehead atoms. The van der Waals surface area contributed by atoms with Gasteiger partial charge in [-0.1, -0.05) is 12.1 Å². The molecule has 31 heavy (non-hydrogen) atoms. The van der Waals surface area contributed by atoms with Gasteiger partial charge in [0.25, 0.3) is 0 Å². The van der Waals surface area contributed by atoms with E-state index in [0.29, 0.717) is 48.0 Å². The Hall–Kier alpha value is -3.62. The number of anilines is 3. The zero-order valence-electron chi connectivity index (χ0n) is 16.7. The summed E-state index contributed by atoms with van der Waals surface area (Å²) in [6.07, 6.45) is -2.15. The van der Waals surface area contributed by atoms with E-state index in [1.54, 1.807) is 36.5 Å². The minimum atomic E-state index is -4.45. The maximum atomic E-state index is 13.1. The first kappa shape index (κ1) is 20.6. The van der Waals surface area contributed by atoms with Crippen molar-refractivity contribution in [1.29, 1.82) is 0 Å². The smallest absolute Gasteiger partial charge is 0.382 e. The maximum Gasteiger partial charge on any atom is 0.416 e. The molecule has 0 aliphatic carbocycles. The molecule has 2 aromatic heterocycles. The van der Waals surface area contributed by atoms with E-state index in [4.69, 9.17) is 0 Å². The van der Waals surface area contributed by atoms with E-state index >= 15 is 0 Å². The lowest BCUT2D eigenvalue weighted by molar-refractivity contribution is -0.137. The van der Waals surface area contributed by atoms with Crippen LogP contribution in [0.25, 0.3) is 11.3 Å². The molecule has 0 radical (unpaired) electrons. The second kappa shape index (κ2) is 8.25. The van der Waals surface area contributed by atoms with E-state index in [9.17, 15) is 18.0 Å². The van der Waals surface area contributed by atoms with Crippen LogP contribution in [0.4, 0.5) is 35.2 Å². The fourth-order valence-electron chi connectivity index (χ4n) is 3.39. The summed E-state index contributed by atoms with van der Waals surface area (Å²) in [7, 11) is 0. The van der Waals surface area contributed by atoms with Gasteiger partial charge in [0.2, 0.25) is 0 Å². The van der Waals surface area contributed by atoms with E-state index < -0.39 is 11.7 Å². The van der Waals surface area contributed by atoms with Crippen molar-refractivity contribution in [3.8, 4) is 11.3 Å². The number of nitrogens with zero attached hydrogens (tertiary/aromatic N) is 3. The van der Waals surface area contributed by atoms with Crippen molar-refractivity contribution in [2.75, 3.05) is 28.6 Å². The molecule has 0 saturated carbocycles. The third kappa shape index (κ3) is 4.60. The number of rotatable bonds is 2. The summed E-state index contributed by atoms with van der Waals surface area (Å²) in [4.78, 5) is 23.2. The number of pyridine rings is 2. The van der Waals surface area contributed by atoms with Crippen LogP contribution in [0.2, 0.25) is 0 Å². The second-order valence-electron chi connectivity index (χ2n) is 7.19. The van der Waals surface area contributed by atoms with Crippen molar-refractivity contribution >= 4 is 23.2 Å². The number of aromatic nitrogens is 2. The highest BCUT2D eigenvalue weighted by molar-refractivity contribution is 6.03. The Labute approximate surface area is 177 Å². The van der Waals surface area contributed by atoms with E-state index in [1.165, 1.54) is 11.0 Å². The fraction of sp³-hybridized carbons (Fsp3) is 0.227. The number of nitrogens with one attached hydrogen (secondary N) is 2. The zero-order chi connectivity index (χ0) is 22.0. The number of amides is 2. The number of hydrogen-bond donors (Lipinski definition) is 2. The number of halogens is 3. The minimum absolute atomic E-state index is 0.326. The Morgan fingerprint density at radius 3 is 2.77 bits per heavy atom. The molecule has 0 unspecified atom stereocenters. The monoisotopic (exact) mass is 427 g/mol. The molecule has 9 heteroatoms. The predicted octanol–water partition coefficient (Wildman–Crippen LogP) is 5.32. The third-order valence-corrected chi connectivity index (χ3v) is 4.88. The molecule has 0 fully saturated rings. The average molecular weight is 427 g/mol. The predicted molar refractivity (Wildman–Crippen MR) is 113 cm³/mol. The maximum absolute atomic E-state index is 13.1. The lowest BCUT2D eigenvalue weighted by atomic mass is 10.1. The number of benzene rings is 1. The molecule has 6 nitrogen and oxygen atoms in total. The highest BCUT2D eigenvalue weighted by Crippen LogP contribution is 2.34. The third-order valence-electron chi connectivity index (χ3n) is 4.88. The summed E-state index contributed by atoms with van der Waals surface area (Å²) in [5.41, 5.74) is 1.95. The van der Waals surface area contributed by atoms with Crippen molar-refractivity contribution in [2.45, 2.75) is 19.5 Å². The van der Waals surface area contributed by atoms with Crippen molar-refractivity contribution < 1.29 is 18.0 Å². The molecule has 2 N–H and O–H groups in total. The largest absolute Gasteiger partial charge is 0.416 e. The summed E-state index contributed by atoms with van der Waals surface area (Å²) in [5.74, 6) is 0.371. The van der Waals surface area contributed by atoms with Crippen molar-refractivity contribution in [2.24, 2.45) is 0 Å². The first-order chi connectivity index (χ1) is 14.8. The van der Waals surface area contributed by atoms with Crippen LogP contribution in [0, 0.1) is 6.92 Å². The van der Waals surface area contributed by atoms with E-state index in [-0.39, 0.29) is 6.03 Å². The molecule has 160 valence electrons. The molecule has 1 aliphatic heterocycles. The van der Waals surface area contributed by atoms with Gasteiger partial charge < -0.3 is 10.6 Å². The number of alkyl halides is 3. The minimum Gasteiger partial charge on any atom is -0.382 e. The summed E-state index contributed by atoms with van der Waals surface area (Å²) in [6.45, 7) is 2.88. The van der Waals surface area contributed by atoms with Crippen molar-refractivity contribution in [3.63, 3.8) is 0 Å². The van der Waals surface area contributed by atoms with Gasteiger partial charge in [0.1, 0.15) is 0 Å². The lowest BCUT2D eigenvalue weighted by Gasteiger charge is -2.22.